The van der Waals surface area contributed by atoms with Gasteiger partial charge in [0.05, 0.1) is 18.8 Å². The van der Waals surface area contributed by atoms with E-state index in [0.717, 1.165) is 24.2 Å². The van der Waals surface area contributed by atoms with Crippen molar-refractivity contribution in [3.8, 4) is 5.75 Å². The minimum atomic E-state index is -0.107. The molecule has 1 N–H and O–H groups in total. The van der Waals surface area contributed by atoms with E-state index in [1.54, 1.807) is 31.4 Å². The molecule has 0 unspecified atom stereocenters. The number of hydrogen-bond acceptors (Lipinski definition) is 4. The number of ketones is 1. The zero-order chi connectivity index (χ0) is 19.1. The molecule has 0 aliphatic heterocycles. The van der Waals surface area contributed by atoms with Gasteiger partial charge in [-0.2, -0.15) is 0 Å². The van der Waals surface area contributed by atoms with Gasteiger partial charge < -0.3 is 14.5 Å². The van der Waals surface area contributed by atoms with Crippen molar-refractivity contribution < 1.29 is 14.3 Å². The fourth-order valence-corrected chi connectivity index (χ4v) is 2.90. The number of hydrogen-bond donors (Lipinski definition) is 1. The van der Waals surface area contributed by atoms with Crippen LogP contribution >= 0.6 is 0 Å². The standard InChI is InChI=1S/C21H23N3O3/c1-27-18-9-7-16(8-10-18)19(25)11-12-21(26)22-13-4-6-20-23-15-17-5-2-3-14-24(17)20/h2-3,5,7-10,14-15H,4,6,11-13H2,1H3,(H,22,26). The number of Topliss-reactive ketones (excluding diaryl/α,β-unsaturated/α-hetero) is 1. The van der Waals surface area contributed by atoms with Crippen LogP contribution in [0, 0.1) is 0 Å². The van der Waals surface area contributed by atoms with Gasteiger partial charge in [0.1, 0.15) is 11.6 Å². The van der Waals surface area contributed by atoms with Crippen LogP contribution < -0.4 is 10.1 Å². The van der Waals surface area contributed by atoms with Crippen LogP contribution in [0.2, 0.25) is 0 Å². The number of benzene rings is 1. The van der Waals surface area contributed by atoms with E-state index in [9.17, 15) is 9.59 Å². The number of methoxy groups -OCH3 is 1. The minimum absolute atomic E-state index is 0.0448. The number of aryl methyl sites for hydroxylation is 1. The Morgan fingerprint density at radius 2 is 1.93 bits per heavy atom. The first-order valence-corrected chi connectivity index (χ1v) is 9.02. The Morgan fingerprint density at radius 1 is 1.11 bits per heavy atom. The SMILES string of the molecule is COc1ccc(C(=O)CCC(=O)NCCCc2ncc3ccccn23)cc1. The van der Waals surface area contributed by atoms with Crippen LogP contribution in [-0.4, -0.2) is 34.7 Å². The van der Waals surface area contributed by atoms with Crippen LogP contribution in [0.15, 0.2) is 54.9 Å². The Labute approximate surface area is 158 Å². The first-order chi connectivity index (χ1) is 13.2. The van der Waals surface area contributed by atoms with Crippen molar-refractivity contribution in [1.29, 1.82) is 0 Å². The summed E-state index contributed by atoms with van der Waals surface area (Å²) in [6.07, 6.45) is 5.80. The fourth-order valence-electron chi connectivity index (χ4n) is 2.90. The van der Waals surface area contributed by atoms with Crippen LogP contribution in [0.3, 0.4) is 0 Å². The maximum Gasteiger partial charge on any atom is 0.220 e. The molecule has 27 heavy (non-hydrogen) atoms. The highest BCUT2D eigenvalue weighted by Crippen LogP contribution is 2.13. The van der Waals surface area contributed by atoms with Crippen LogP contribution in [-0.2, 0) is 11.2 Å². The molecular formula is C21H23N3O3. The molecule has 1 aromatic carbocycles. The van der Waals surface area contributed by atoms with E-state index >= 15 is 0 Å². The highest BCUT2D eigenvalue weighted by Gasteiger charge is 2.09. The van der Waals surface area contributed by atoms with Crippen molar-refractivity contribution in [3.63, 3.8) is 0 Å². The zero-order valence-electron chi connectivity index (χ0n) is 15.4. The molecule has 6 heteroatoms. The van der Waals surface area contributed by atoms with Crippen LogP contribution in [0.1, 0.15) is 35.4 Å². The first-order valence-electron chi connectivity index (χ1n) is 9.02. The number of amides is 1. The third kappa shape index (κ3) is 4.94. The molecule has 3 rings (SSSR count). The number of aromatic nitrogens is 2. The molecule has 140 valence electrons. The monoisotopic (exact) mass is 365 g/mol. The Kier molecular flexibility index (Phi) is 6.20. The van der Waals surface area contributed by atoms with Crippen LogP contribution in [0.4, 0.5) is 0 Å². The average molecular weight is 365 g/mol. The highest BCUT2D eigenvalue weighted by molar-refractivity contribution is 5.98. The number of rotatable bonds is 9. The topological polar surface area (TPSA) is 72.7 Å². The summed E-state index contributed by atoms with van der Waals surface area (Å²) in [6.45, 7) is 0.567. The lowest BCUT2D eigenvalue weighted by Gasteiger charge is -2.06. The molecule has 0 radical (unpaired) electrons. The van der Waals surface area contributed by atoms with Gasteiger partial charge in [-0.3, -0.25) is 9.59 Å². The normalized spacial score (nSPS) is 10.7. The van der Waals surface area contributed by atoms with E-state index in [2.05, 4.69) is 14.7 Å². The average Bonchev–Trinajstić information content (AvgIpc) is 3.12. The van der Waals surface area contributed by atoms with Crippen molar-refractivity contribution in [3.05, 3.63) is 66.2 Å². The summed E-state index contributed by atoms with van der Waals surface area (Å²) in [5, 5.41) is 2.87. The Balaban J connectivity index is 1.37. The van der Waals surface area contributed by atoms with Crippen LogP contribution in [0.25, 0.3) is 5.52 Å². The lowest BCUT2D eigenvalue weighted by molar-refractivity contribution is -0.121. The number of nitrogens with zero attached hydrogens (tertiary/aromatic N) is 2. The molecule has 0 saturated carbocycles. The van der Waals surface area contributed by atoms with E-state index in [1.807, 2.05) is 30.6 Å². The predicted octanol–water partition coefficient (Wildman–Crippen LogP) is 3.05. The Hall–Kier alpha value is -3.15. The summed E-state index contributed by atoms with van der Waals surface area (Å²) in [7, 11) is 1.58. The second kappa shape index (κ2) is 8.98. The van der Waals surface area contributed by atoms with Gasteiger partial charge in [-0.1, -0.05) is 6.07 Å². The largest absolute Gasteiger partial charge is 0.497 e. The molecule has 0 atom stereocenters. The van der Waals surface area contributed by atoms with Crippen molar-refractivity contribution >= 4 is 17.2 Å². The molecule has 0 aliphatic carbocycles. The molecule has 6 nitrogen and oxygen atoms in total. The maximum atomic E-state index is 12.1. The first kappa shape index (κ1) is 18.6. The van der Waals surface area contributed by atoms with Crippen molar-refractivity contribution in [2.24, 2.45) is 0 Å². The van der Waals surface area contributed by atoms with Crippen molar-refractivity contribution in [2.75, 3.05) is 13.7 Å². The molecule has 0 bridgehead atoms. The number of imidazole rings is 1. The number of nitrogens with one attached hydrogen (secondary N) is 1. The summed E-state index contributed by atoms with van der Waals surface area (Å²) in [6, 6.07) is 12.9. The van der Waals surface area contributed by atoms with E-state index in [1.165, 1.54) is 0 Å². The van der Waals surface area contributed by atoms with Gasteiger partial charge in [0.2, 0.25) is 5.91 Å². The molecule has 2 heterocycles. The predicted molar refractivity (Wildman–Crippen MR) is 103 cm³/mol. The number of fused-ring (bicyclic) bond motifs is 1. The summed E-state index contributed by atoms with van der Waals surface area (Å²) >= 11 is 0. The number of pyridine rings is 1. The smallest absolute Gasteiger partial charge is 0.220 e. The van der Waals surface area contributed by atoms with E-state index in [0.29, 0.717) is 17.9 Å². The van der Waals surface area contributed by atoms with E-state index < -0.39 is 0 Å². The number of carbonyl (C=O) groups excluding carboxylic acids is 2. The Morgan fingerprint density at radius 3 is 2.70 bits per heavy atom. The summed E-state index contributed by atoms with van der Waals surface area (Å²) < 4.78 is 7.12. The zero-order valence-corrected chi connectivity index (χ0v) is 15.4. The minimum Gasteiger partial charge on any atom is -0.497 e. The van der Waals surface area contributed by atoms with Gasteiger partial charge in [0.25, 0.3) is 0 Å². The lowest BCUT2D eigenvalue weighted by Crippen LogP contribution is -2.25. The van der Waals surface area contributed by atoms with Crippen LogP contribution in [0.5, 0.6) is 5.75 Å². The maximum absolute atomic E-state index is 12.1. The summed E-state index contributed by atoms with van der Waals surface area (Å²) in [5.74, 6) is 1.53. The van der Waals surface area contributed by atoms with Gasteiger partial charge in [-0.15, -0.1) is 0 Å². The Bertz CT molecular complexity index is 916. The molecule has 1 amide bonds. The van der Waals surface area contributed by atoms with Gasteiger partial charge in [-0.05, 0) is 42.8 Å². The molecule has 2 aromatic heterocycles. The molecule has 0 spiro atoms. The second-order valence-electron chi connectivity index (χ2n) is 6.28. The van der Waals surface area contributed by atoms with Crippen molar-refractivity contribution in [2.45, 2.75) is 25.7 Å². The lowest BCUT2D eigenvalue weighted by atomic mass is 10.1. The number of carbonyl (C=O) groups is 2. The van der Waals surface area contributed by atoms with E-state index in [4.69, 9.17) is 4.74 Å². The van der Waals surface area contributed by atoms with Gasteiger partial charge >= 0.3 is 0 Å². The third-order valence-corrected chi connectivity index (χ3v) is 4.41. The molecule has 0 fully saturated rings. The van der Waals surface area contributed by atoms with Crippen molar-refractivity contribution in [1.82, 2.24) is 14.7 Å². The highest BCUT2D eigenvalue weighted by atomic mass is 16.5. The molecular weight excluding hydrogens is 342 g/mol. The summed E-state index contributed by atoms with van der Waals surface area (Å²) in [5.41, 5.74) is 1.66. The van der Waals surface area contributed by atoms with Gasteiger partial charge in [0, 0.05) is 37.6 Å². The summed E-state index contributed by atoms with van der Waals surface area (Å²) in [4.78, 5) is 28.5. The van der Waals surface area contributed by atoms with E-state index in [-0.39, 0.29) is 24.5 Å². The van der Waals surface area contributed by atoms with Gasteiger partial charge in [-0.25, -0.2) is 4.98 Å². The number of ether oxygens (including phenoxy) is 1. The quantitative estimate of drug-likeness (QED) is 0.467. The third-order valence-electron chi connectivity index (χ3n) is 4.41. The second-order valence-corrected chi connectivity index (χ2v) is 6.28. The molecule has 0 saturated heterocycles. The van der Waals surface area contributed by atoms with Gasteiger partial charge in [0.15, 0.2) is 5.78 Å². The fraction of sp³-hybridized carbons (Fsp3) is 0.286. The molecule has 0 aliphatic rings. The molecule has 3 aromatic rings.